The van der Waals surface area contributed by atoms with Crippen LogP contribution in [0.1, 0.15) is 31.1 Å². The number of carbonyl (C=O) groups is 2. The van der Waals surface area contributed by atoms with Gasteiger partial charge in [-0.05, 0) is 37.3 Å². The molecule has 0 aliphatic carbocycles. The van der Waals surface area contributed by atoms with Gasteiger partial charge in [0.15, 0.2) is 10.9 Å². The topological polar surface area (TPSA) is 105 Å². The SMILES string of the molecule is CC(=O)c1ccc(S(=O)(=O)Nc2ccc3sc(NC(=O)C(C)C)nc3c2)cc1. The summed E-state index contributed by atoms with van der Waals surface area (Å²) >= 11 is 1.32. The molecule has 0 saturated carbocycles. The van der Waals surface area contributed by atoms with E-state index in [-0.39, 0.29) is 22.5 Å². The fourth-order valence-corrected chi connectivity index (χ4v) is 4.28. The number of anilines is 2. The first-order valence-corrected chi connectivity index (χ1v) is 10.8. The first-order valence-electron chi connectivity index (χ1n) is 8.51. The lowest BCUT2D eigenvalue weighted by Crippen LogP contribution is -2.17. The number of carbonyl (C=O) groups excluding carboxylic acids is 2. The zero-order valence-corrected chi connectivity index (χ0v) is 17.1. The van der Waals surface area contributed by atoms with Gasteiger partial charge in [-0.3, -0.25) is 14.3 Å². The van der Waals surface area contributed by atoms with Gasteiger partial charge in [-0.15, -0.1) is 0 Å². The minimum absolute atomic E-state index is 0.0563. The van der Waals surface area contributed by atoms with E-state index in [1.807, 2.05) is 0 Å². The van der Waals surface area contributed by atoms with Crippen molar-refractivity contribution in [3.05, 3.63) is 48.0 Å². The number of ketones is 1. The fraction of sp³-hybridized carbons (Fsp3) is 0.211. The van der Waals surface area contributed by atoms with Crippen LogP contribution in [-0.2, 0) is 14.8 Å². The highest BCUT2D eigenvalue weighted by Gasteiger charge is 2.16. The van der Waals surface area contributed by atoms with E-state index in [0.29, 0.717) is 21.9 Å². The van der Waals surface area contributed by atoms with Crippen LogP contribution in [0, 0.1) is 5.92 Å². The van der Waals surface area contributed by atoms with Crippen molar-refractivity contribution in [1.29, 1.82) is 0 Å². The number of aromatic nitrogens is 1. The minimum Gasteiger partial charge on any atom is -0.302 e. The Morgan fingerprint density at radius 2 is 1.75 bits per heavy atom. The third kappa shape index (κ3) is 4.37. The van der Waals surface area contributed by atoms with E-state index in [4.69, 9.17) is 0 Å². The number of benzene rings is 2. The largest absolute Gasteiger partial charge is 0.302 e. The first-order chi connectivity index (χ1) is 13.2. The van der Waals surface area contributed by atoms with Crippen molar-refractivity contribution in [2.24, 2.45) is 5.92 Å². The number of nitrogens with zero attached hydrogens (tertiary/aromatic N) is 1. The molecule has 1 heterocycles. The summed E-state index contributed by atoms with van der Waals surface area (Å²) < 4.78 is 28.5. The van der Waals surface area contributed by atoms with Gasteiger partial charge in [-0.1, -0.05) is 37.3 Å². The molecule has 2 aromatic carbocycles. The molecule has 2 N–H and O–H groups in total. The number of nitrogens with one attached hydrogen (secondary N) is 2. The minimum atomic E-state index is -3.80. The molecule has 9 heteroatoms. The second kappa shape index (κ2) is 7.69. The Kier molecular flexibility index (Phi) is 5.48. The number of sulfonamides is 1. The summed E-state index contributed by atoms with van der Waals surface area (Å²) in [5.74, 6) is -0.427. The molecule has 0 aliphatic heterocycles. The molecule has 0 atom stereocenters. The van der Waals surface area contributed by atoms with Gasteiger partial charge < -0.3 is 5.32 Å². The maximum atomic E-state index is 12.6. The Balaban J connectivity index is 1.83. The molecule has 7 nitrogen and oxygen atoms in total. The summed E-state index contributed by atoms with van der Waals surface area (Å²) in [5.41, 5.74) is 1.38. The standard InChI is InChI=1S/C19H19N3O4S2/c1-11(2)18(24)21-19-20-16-10-14(6-9-17(16)27-19)22-28(25,26)15-7-4-13(5-8-15)12(3)23/h4-11,22H,1-3H3,(H,20,21,24). The number of Topliss-reactive ketones (excluding diaryl/α,β-unsaturated/α-hetero) is 1. The summed E-state index contributed by atoms with van der Waals surface area (Å²) in [6, 6.07) is 10.7. The smallest absolute Gasteiger partial charge is 0.261 e. The molecule has 0 unspecified atom stereocenters. The van der Waals surface area contributed by atoms with Crippen LogP contribution in [0.3, 0.4) is 0 Å². The summed E-state index contributed by atoms with van der Waals surface area (Å²) in [4.78, 5) is 27.5. The normalized spacial score (nSPS) is 11.6. The van der Waals surface area contributed by atoms with Crippen LogP contribution in [0.15, 0.2) is 47.4 Å². The third-order valence-electron chi connectivity index (χ3n) is 3.97. The first kappa shape index (κ1) is 20.0. The van der Waals surface area contributed by atoms with Gasteiger partial charge in [-0.25, -0.2) is 13.4 Å². The number of amides is 1. The molecule has 28 heavy (non-hydrogen) atoms. The van der Waals surface area contributed by atoms with Gasteiger partial charge in [0.2, 0.25) is 5.91 Å². The molecule has 0 radical (unpaired) electrons. The highest BCUT2D eigenvalue weighted by molar-refractivity contribution is 7.92. The van der Waals surface area contributed by atoms with Gasteiger partial charge in [0, 0.05) is 11.5 Å². The maximum Gasteiger partial charge on any atom is 0.261 e. The van der Waals surface area contributed by atoms with E-state index in [2.05, 4.69) is 15.0 Å². The van der Waals surface area contributed by atoms with Crippen LogP contribution < -0.4 is 10.0 Å². The number of thiazole rings is 1. The molecule has 0 fully saturated rings. The summed E-state index contributed by atoms with van der Waals surface area (Å²) in [6.07, 6.45) is 0. The second-order valence-electron chi connectivity index (χ2n) is 6.53. The maximum absolute atomic E-state index is 12.6. The van der Waals surface area contributed by atoms with Crippen molar-refractivity contribution in [2.75, 3.05) is 10.0 Å². The lowest BCUT2D eigenvalue weighted by atomic mass is 10.2. The van der Waals surface area contributed by atoms with Crippen LogP contribution in [0.2, 0.25) is 0 Å². The average Bonchev–Trinajstić information content (AvgIpc) is 3.02. The molecule has 0 aliphatic rings. The molecule has 1 amide bonds. The Morgan fingerprint density at radius 1 is 1.07 bits per heavy atom. The number of hydrogen-bond donors (Lipinski definition) is 2. The number of hydrogen-bond acceptors (Lipinski definition) is 6. The Labute approximate surface area is 166 Å². The summed E-state index contributed by atoms with van der Waals surface area (Å²) in [7, 11) is -3.80. The van der Waals surface area contributed by atoms with Gasteiger partial charge in [0.25, 0.3) is 10.0 Å². The summed E-state index contributed by atoms with van der Waals surface area (Å²) in [6.45, 7) is 5.00. The van der Waals surface area contributed by atoms with Gasteiger partial charge in [-0.2, -0.15) is 0 Å². The Bertz CT molecular complexity index is 1150. The Hall–Kier alpha value is -2.78. The Morgan fingerprint density at radius 3 is 2.36 bits per heavy atom. The average molecular weight is 418 g/mol. The lowest BCUT2D eigenvalue weighted by molar-refractivity contribution is -0.118. The number of rotatable bonds is 6. The molecule has 146 valence electrons. The van der Waals surface area contributed by atoms with E-state index in [0.717, 1.165) is 4.70 Å². The van der Waals surface area contributed by atoms with Crippen molar-refractivity contribution in [3.63, 3.8) is 0 Å². The highest BCUT2D eigenvalue weighted by atomic mass is 32.2. The van der Waals surface area contributed by atoms with E-state index >= 15 is 0 Å². The van der Waals surface area contributed by atoms with Gasteiger partial charge >= 0.3 is 0 Å². The molecule has 3 aromatic rings. The fourth-order valence-electron chi connectivity index (χ4n) is 2.38. The van der Waals surface area contributed by atoms with Crippen molar-refractivity contribution >= 4 is 54.1 Å². The molecule has 0 spiro atoms. The zero-order chi connectivity index (χ0) is 20.5. The molecule has 3 rings (SSSR count). The predicted molar refractivity (Wildman–Crippen MR) is 110 cm³/mol. The molecular formula is C19H19N3O4S2. The highest BCUT2D eigenvalue weighted by Crippen LogP contribution is 2.29. The van der Waals surface area contributed by atoms with Crippen molar-refractivity contribution < 1.29 is 18.0 Å². The van der Waals surface area contributed by atoms with Crippen LogP contribution in [0.25, 0.3) is 10.2 Å². The molecule has 1 aromatic heterocycles. The molecule has 0 saturated heterocycles. The van der Waals surface area contributed by atoms with Crippen molar-refractivity contribution in [1.82, 2.24) is 4.98 Å². The van der Waals surface area contributed by atoms with E-state index in [1.54, 1.807) is 32.0 Å². The predicted octanol–water partition coefficient (Wildman–Crippen LogP) is 3.89. The van der Waals surface area contributed by atoms with Gasteiger partial charge in [0.1, 0.15) is 0 Å². The van der Waals surface area contributed by atoms with Gasteiger partial charge in [0.05, 0.1) is 20.8 Å². The van der Waals surface area contributed by atoms with E-state index in [9.17, 15) is 18.0 Å². The van der Waals surface area contributed by atoms with Crippen molar-refractivity contribution in [2.45, 2.75) is 25.7 Å². The molecule has 0 bridgehead atoms. The van der Waals surface area contributed by atoms with Crippen LogP contribution >= 0.6 is 11.3 Å². The van der Waals surface area contributed by atoms with E-state index < -0.39 is 10.0 Å². The van der Waals surface area contributed by atoms with Crippen LogP contribution in [-0.4, -0.2) is 25.1 Å². The molecular weight excluding hydrogens is 398 g/mol. The van der Waals surface area contributed by atoms with Crippen molar-refractivity contribution in [3.8, 4) is 0 Å². The third-order valence-corrected chi connectivity index (χ3v) is 6.31. The van der Waals surface area contributed by atoms with Crippen LogP contribution in [0.5, 0.6) is 0 Å². The van der Waals surface area contributed by atoms with E-state index in [1.165, 1.54) is 42.5 Å². The summed E-state index contributed by atoms with van der Waals surface area (Å²) in [5, 5.41) is 3.21. The van der Waals surface area contributed by atoms with Crippen LogP contribution in [0.4, 0.5) is 10.8 Å². The monoisotopic (exact) mass is 417 g/mol. The zero-order valence-electron chi connectivity index (χ0n) is 15.5. The quantitative estimate of drug-likeness (QED) is 0.592. The second-order valence-corrected chi connectivity index (χ2v) is 9.24. The number of fused-ring (bicyclic) bond motifs is 1. The lowest BCUT2D eigenvalue weighted by Gasteiger charge is -2.08.